The summed E-state index contributed by atoms with van der Waals surface area (Å²) in [6.07, 6.45) is 5.34. The van der Waals surface area contributed by atoms with E-state index in [1.807, 2.05) is 6.92 Å². The summed E-state index contributed by atoms with van der Waals surface area (Å²) >= 11 is 0. The number of hydrogen-bond acceptors (Lipinski definition) is 3. The molecule has 0 atom stereocenters. The molecule has 1 aliphatic rings. The molecule has 3 heteroatoms. The van der Waals surface area contributed by atoms with Crippen LogP contribution in [0.4, 0.5) is 0 Å². The molecule has 1 saturated carbocycles. The third-order valence-corrected chi connectivity index (χ3v) is 2.48. The van der Waals surface area contributed by atoms with E-state index in [-0.39, 0.29) is 5.97 Å². The average Bonchev–Trinajstić information content (AvgIpc) is 2.57. The second kappa shape index (κ2) is 5.97. The molecule has 0 aromatic carbocycles. The molecule has 1 aliphatic carbocycles. The maximum absolute atomic E-state index is 10.9. The van der Waals surface area contributed by atoms with Gasteiger partial charge in [-0.2, -0.15) is 0 Å². The molecule has 0 unspecified atom stereocenters. The Morgan fingerprint density at radius 1 is 1.46 bits per heavy atom. The van der Waals surface area contributed by atoms with E-state index < -0.39 is 0 Å². The Labute approximate surface area is 79.8 Å². The smallest absolute Gasteiger partial charge is 0.319 e. The van der Waals surface area contributed by atoms with Crippen LogP contribution in [-0.2, 0) is 9.53 Å². The zero-order valence-electron chi connectivity index (χ0n) is 8.34. The van der Waals surface area contributed by atoms with Gasteiger partial charge in [-0.3, -0.25) is 4.79 Å². The highest BCUT2D eigenvalue weighted by molar-refractivity contribution is 5.71. The number of rotatable bonds is 5. The average molecular weight is 185 g/mol. The fourth-order valence-corrected chi connectivity index (χ4v) is 1.80. The lowest BCUT2D eigenvalue weighted by Gasteiger charge is -2.09. The first-order valence-corrected chi connectivity index (χ1v) is 5.19. The predicted octanol–water partition coefficient (Wildman–Crippen LogP) is 1.33. The van der Waals surface area contributed by atoms with Crippen LogP contribution in [0, 0.1) is 5.92 Å². The van der Waals surface area contributed by atoms with Gasteiger partial charge < -0.3 is 10.1 Å². The summed E-state index contributed by atoms with van der Waals surface area (Å²) in [5, 5.41) is 3.14. The van der Waals surface area contributed by atoms with Gasteiger partial charge in [-0.15, -0.1) is 0 Å². The normalized spacial score (nSPS) is 17.6. The van der Waals surface area contributed by atoms with Crippen LogP contribution < -0.4 is 5.32 Å². The van der Waals surface area contributed by atoms with E-state index in [1.165, 1.54) is 25.7 Å². The van der Waals surface area contributed by atoms with Gasteiger partial charge in [-0.25, -0.2) is 0 Å². The van der Waals surface area contributed by atoms with Crippen molar-refractivity contribution in [1.82, 2.24) is 5.32 Å². The van der Waals surface area contributed by atoms with E-state index >= 15 is 0 Å². The Kier molecular flexibility index (Phi) is 4.83. The lowest BCUT2D eigenvalue weighted by molar-refractivity contribution is -0.142. The molecular formula is C10H19NO2. The Morgan fingerprint density at radius 3 is 2.77 bits per heavy atom. The molecule has 0 aliphatic heterocycles. The maximum atomic E-state index is 10.9. The van der Waals surface area contributed by atoms with Crippen LogP contribution in [0.1, 0.15) is 32.6 Å². The highest BCUT2D eigenvalue weighted by Crippen LogP contribution is 2.23. The van der Waals surface area contributed by atoms with Crippen LogP contribution in [-0.4, -0.2) is 25.7 Å². The van der Waals surface area contributed by atoms with Gasteiger partial charge in [0.2, 0.25) is 0 Å². The number of nitrogens with one attached hydrogen (secondary N) is 1. The van der Waals surface area contributed by atoms with Gasteiger partial charge in [0.05, 0.1) is 13.2 Å². The third kappa shape index (κ3) is 4.27. The first kappa shape index (κ1) is 10.5. The van der Waals surface area contributed by atoms with E-state index in [4.69, 9.17) is 4.74 Å². The van der Waals surface area contributed by atoms with Crippen LogP contribution in [0.15, 0.2) is 0 Å². The lowest BCUT2D eigenvalue weighted by atomic mass is 10.1. The number of carbonyl (C=O) groups excluding carboxylic acids is 1. The molecule has 1 N–H and O–H groups in total. The van der Waals surface area contributed by atoms with Gasteiger partial charge in [-0.1, -0.05) is 12.8 Å². The fraction of sp³-hybridized carbons (Fsp3) is 0.900. The fourth-order valence-electron chi connectivity index (χ4n) is 1.80. The molecule has 0 saturated heterocycles. The molecule has 1 rings (SSSR count). The summed E-state index contributed by atoms with van der Waals surface area (Å²) in [5.74, 6) is 0.648. The number of hydrogen-bond donors (Lipinski definition) is 1. The van der Waals surface area contributed by atoms with Crippen LogP contribution in [0.25, 0.3) is 0 Å². The van der Waals surface area contributed by atoms with Gasteiger partial charge in [0.25, 0.3) is 0 Å². The first-order chi connectivity index (χ1) is 6.33. The molecular weight excluding hydrogens is 166 g/mol. The number of esters is 1. The van der Waals surface area contributed by atoms with Gasteiger partial charge in [0.15, 0.2) is 0 Å². The molecule has 13 heavy (non-hydrogen) atoms. The minimum atomic E-state index is -0.138. The summed E-state index contributed by atoms with van der Waals surface area (Å²) in [6, 6.07) is 0. The summed E-state index contributed by atoms with van der Waals surface area (Å²) in [6.45, 7) is 3.64. The minimum absolute atomic E-state index is 0.138. The second-order valence-corrected chi connectivity index (χ2v) is 3.59. The van der Waals surface area contributed by atoms with E-state index in [9.17, 15) is 4.79 Å². The minimum Gasteiger partial charge on any atom is -0.465 e. The van der Waals surface area contributed by atoms with Crippen molar-refractivity contribution in [2.24, 2.45) is 5.92 Å². The Morgan fingerprint density at radius 2 is 2.15 bits per heavy atom. The summed E-state index contributed by atoms with van der Waals surface area (Å²) in [7, 11) is 0. The summed E-state index contributed by atoms with van der Waals surface area (Å²) < 4.78 is 4.81. The molecule has 0 aromatic rings. The summed E-state index contributed by atoms with van der Waals surface area (Å²) in [4.78, 5) is 10.9. The molecule has 0 spiro atoms. The van der Waals surface area contributed by atoms with Crippen molar-refractivity contribution in [2.45, 2.75) is 32.6 Å². The van der Waals surface area contributed by atoms with Crippen LogP contribution in [0.5, 0.6) is 0 Å². The van der Waals surface area contributed by atoms with Crippen molar-refractivity contribution in [3.63, 3.8) is 0 Å². The highest BCUT2D eigenvalue weighted by Gasteiger charge is 2.14. The topological polar surface area (TPSA) is 38.3 Å². The predicted molar refractivity (Wildman–Crippen MR) is 51.5 cm³/mol. The number of ether oxygens (including phenoxy) is 1. The van der Waals surface area contributed by atoms with Gasteiger partial charge in [-0.05, 0) is 32.2 Å². The molecule has 3 nitrogen and oxygen atoms in total. The molecule has 0 radical (unpaired) electrons. The SMILES string of the molecule is CCOC(=O)CNCC1CCCC1. The zero-order chi connectivity index (χ0) is 9.52. The van der Waals surface area contributed by atoms with Crippen LogP contribution in [0.3, 0.4) is 0 Å². The van der Waals surface area contributed by atoms with E-state index in [1.54, 1.807) is 0 Å². The van der Waals surface area contributed by atoms with Crippen molar-refractivity contribution >= 4 is 5.97 Å². The molecule has 1 fully saturated rings. The van der Waals surface area contributed by atoms with Crippen molar-refractivity contribution in [3.8, 4) is 0 Å². The Bertz CT molecular complexity index is 153. The van der Waals surface area contributed by atoms with Crippen LogP contribution in [0.2, 0.25) is 0 Å². The van der Waals surface area contributed by atoms with Gasteiger partial charge in [0.1, 0.15) is 0 Å². The second-order valence-electron chi connectivity index (χ2n) is 3.59. The van der Waals surface area contributed by atoms with E-state index in [0.29, 0.717) is 13.2 Å². The molecule has 0 amide bonds. The van der Waals surface area contributed by atoms with Gasteiger partial charge >= 0.3 is 5.97 Å². The first-order valence-electron chi connectivity index (χ1n) is 5.19. The summed E-state index contributed by atoms with van der Waals surface area (Å²) in [5.41, 5.74) is 0. The Balaban J connectivity index is 1.96. The standard InChI is InChI=1S/C10H19NO2/c1-2-13-10(12)8-11-7-9-5-3-4-6-9/h9,11H,2-8H2,1H3. The molecule has 0 bridgehead atoms. The van der Waals surface area contributed by atoms with E-state index in [0.717, 1.165) is 12.5 Å². The monoisotopic (exact) mass is 185 g/mol. The maximum Gasteiger partial charge on any atom is 0.319 e. The zero-order valence-corrected chi connectivity index (χ0v) is 8.34. The largest absolute Gasteiger partial charge is 0.465 e. The van der Waals surface area contributed by atoms with Crippen molar-refractivity contribution in [3.05, 3.63) is 0 Å². The Hall–Kier alpha value is -0.570. The van der Waals surface area contributed by atoms with Gasteiger partial charge in [0, 0.05) is 0 Å². The third-order valence-electron chi connectivity index (χ3n) is 2.48. The van der Waals surface area contributed by atoms with Crippen molar-refractivity contribution in [2.75, 3.05) is 19.7 Å². The van der Waals surface area contributed by atoms with E-state index in [2.05, 4.69) is 5.32 Å². The quantitative estimate of drug-likeness (QED) is 0.657. The van der Waals surface area contributed by atoms with Crippen molar-refractivity contribution < 1.29 is 9.53 Å². The highest BCUT2D eigenvalue weighted by atomic mass is 16.5. The molecule has 0 heterocycles. The molecule has 76 valence electrons. The lowest BCUT2D eigenvalue weighted by Crippen LogP contribution is -2.28. The van der Waals surface area contributed by atoms with Crippen LogP contribution >= 0.6 is 0 Å². The molecule has 0 aromatic heterocycles. The number of carbonyl (C=O) groups is 1. The van der Waals surface area contributed by atoms with Crippen molar-refractivity contribution in [1.29, 1.82) is 0 Å².